The summed E-state index contributed by atoms with van der Waals surface area (Å²) in [5.74, 6) is 1.02. The number of nitrogens with one attached hydrogen (secondary N) is 1. The SMILES string of the molecule is Cc1cc(Cl)ccc1O[C@H](C)C(=O)NCC(C)C. The third-order valence-corrected chi connectivity index (χ3v) is 2.73. The van der Waals surface area contributed by atoms with Crippen molar-refractivity contribution in [3.8, 4) is 5.75 Å². The lowest BCUT2D eigenvalue weighted by Crippen LogP contribution is -2.38. The molecule has 0 aliphatic carbocycles. The summed E-state index contributed by atoms with van der Waals surface area (Å²) in [5, 5.41) is 3.51. The van der Waals surface area contributed by atoms with Crippen LogP contribution in [-0.4, -0.2) is 18.6 Å². The lowest BCUT2D eigenvalue weighted by molar-refractivity contribution is -0.127. The number of benzene rings is 1. The topological polar surface area (TPSA) is 38.3 Å². The average molecular weight is 270 g/mol. The molecule has 1 atom stereocenters. The summed E-state index contributed by atoms with van der Waals surface area (Å²) in [5.41, 5.74) is 0.922. The van der Waals surface area contributed by atoms with Gasteiger partial charge in [-0.25, -0.2) is 0 Å². The Labute approximate surface area is 113 Å². The first kappa shape index (κ1) is 14.8. The Hall–Kier alpha value is -1.22. The molecule has 0 saturated carbocycles. The molecule has 3 nitrogen and oxygen atoms in total. The number of halogens is 1. The van der Waals surface area contributed by atoms with Gasteiger partial charge in [0, 0.05) is 11.6 Å². The Morgan fingerprint density at radius 3 is 2.61 bits per heavy atom. The van der Waals surface area contributed by atoms with Crippen molar-refractivity contribution in [2.45, 2.75) is 33.8 Å². The quantitative estimate of drug-likeness (QED) is 0.892. The van der Waals surface area contributed by atoms with E-state index in [9.17, 15) is 4.79 Å². The third kappa shape index (κ3) is 4.57. The molecule has 0 radical (unpaired) electrons. The molecule has 1 rings (SSSR count). The van der Waals surface area contributed by atoms with Crippen LogP contribution in [0.2, 0.25) is 5.02 Å². The van der Waals surface area contributed by atoms with Crippen LogP contribution in [0.5, 0.6) is 5.75 Å². The van der Waals surface area contributed by atoms with E-state index >= 15 is 0 Å². The van der Waals surface area contributed by atoms with E-state index in [1.165, 1.54) is 0 Å². The molecule has 4 heteroatoms. The van der Waals surface area contributed by atoms with E-state index in [-0.39, 0.29) is 5.91 Å². The second-order valence-corrected chi connectivity index (χ2v) is 5.25. The van der Waals surface area contributed by atoms with Crippen LogP contribution in [0, 0.1) is 12.8 Å². The molecule has 0 unspecified atom stereocenters. The maximum absolute atomic E-state index is 11.8. The highest BCUT2D eigenvalue weighted by atomic mass is 35.5. The van der Waals surface area contributed by atoms with Crippen molar-refractivity contribution in [3.05, 3.63) is 28.8 Å². The van der Waals surface area contributed by atoms with E-state index in [1.54, 1.807) is 19.1 Å². The van der Waals surface area contributed by atoms with Gasteiger partial charge in [-0.05, 0) is 43.5 Å². The minimum Gasteiger partial charge on any atom is -0.481 e. The van der Waals surface area contributed by atoms with E-state index in [0.717, 1.165) is 5.56 Å². The summed E-state index contributed by atoms with van der Waals surface area (Å²) in [6.45, 7) is 8.40. The van der Waals surface area contributed by atoms with Crippen molar-refractivity contribution in [1.29, 1.82) is 0 Å². The van der Waals surface area contributed by atoms with Crippen LogP contribution in [-0.2, 0) is 4.79 Å². The highest BCUT2D eigenvalue weighted by Crippen LogP contribution is 2.22. The van der Waals surface area contributed by atoms with E-state index in [4.69, 9.17) is 16.3 Å². The van der Waals surface area contributed by atoms with Gasteiger partial charge in [0.1, 0.15) is 5.75 Å². The fraction of sp³-hybridized carbons (Fsp3) is 0.500. The number of carbonyl (C=O) groups excluding carboxylic acids is 1. The van der Waals surface area contributed by atoms with Gasteiger partial charge in [0.05, 0.1) is 0 Å². The molecule has 0 bridgehead atoms. The molecular weight excluding hydrogens is 250 g/mol. The van der Waals surface area contributed by atoms with Gasteiger partial charge in [-0.2, -0.15) is 0 Å². The van der Waals surface area contributed by atoms with Crippen LogP contribution >= 0.6 is 11.6 Å². The van der Waals surface area contributed by atoms with Crippen molar-refractivity contribution in [1.82, 2.24) is 5.32 Å². The summed E-state index contributed by atoms with van der Waals surface area (Å²) in [6, 6.07) is 5.35. The van der Waals surface area contributed by atoms with E-state index in [1.807, 2.05) is 13.0 Å². The molecule has 18 heavy (non-hydrogen) atoms. The largest absolute Gasteiger partial charge is 0.481 e. The lowest BCUT2D eigenvalue weighted by Gasteiger charge is -2.17. The van der Waals surface area contributed by atoms with Crippen LogP contribution < -0.4 is 10.1 Å². The van der Waals surface area contributed by atoms with Gasteiger partial charge in [0.25, 0.3) is 5.91 Å². The van der Waals surface area contributed by atoms with Gasteiger partial charge in [0.15, 0.2) is 6.10 Å². The second kappa shape index (κ2) is 6.64. The van der Waals surface area contributed by atoms with Gasteiger partial charge in [-0.15, -0.1) is 0 Å². The van der Waals surface area contributed by atoms with E-state index < -0.39 is 6.10 Å². The molecule has 0 spiro atoms. The summed E-state index contributed by atoms with van der Waals surface area (Å²) in [6.07, 6.45) is -0.511. The lowest BCUT2D eigenvalue weighted by atomic mass is 10.2. The molecule has 1 amide bonds. The minimum atomic E-state index is -0.511. The molecule has 0 fully saturated rings. The maximum atomic E-state index is 11.8. The normalized spacial score (nSPS) is 12.3. The molecule has 0 aliphatic rings. The van der Waals surface area contributed by atoms with Crippen LogP contribution in [0.3, 0.4) is 0 Å². The van der Waals surface area contributed by atoms with Crippen molar-refractivity contribution in [2.24, 2.45) is 5.92 Å². The Morgan fingerprint density at radius 1 is 1.39 bits per heavy atom. The first-order valence-electron chi connectivity index (χ1n) is 6.10. The molecule has 0 aromatic heterocycles. The fourth-order valence-corrected chi connectivity index (χ4v) is 1.66. The van der Waals surface area contributed by atoms with Crippen LogP contribution in [0.1, 0.15) is 26.3 Å². The van der Waals surface area contributed by atoms with Crippen molar-refractivity contribution >= 4 is 17.5 Å². The Kier molecular flexibility index (Phi) is 5.48. The fourth-order valence-electron chi connectivity index (χ4n) is 1.44. The predicted molar refractivity (Wildman–Crippen MR) is 74.1 cm³/mol. The Bertz CT molecular complexity index is 418. The summed E-state index contributed by atoms with van der Waals surface area (Å²) in [4.78, 5) is 11.8. The summed E-state index contributed by atoms with van der Waals surface area (Å²) < 4.78 is 5.62. The zero-order chi connectivity index (χ0) is 13.7. The maximum Gasteiger partial charge on any atom is 0.260 e. The van der Waals surface area contributed by atoms with Crippen molar-refractivity contribution in [3.63, 3.8) is 0 Å². The number of ether oxygens (including phenoxy) is 1. The molecule has 1 aromatic rings. The number of amides is 1. The smallest absolute Gasteiger partial charge is 0.260 e. The van der Waals surface area contributed by atoms with Gasteiger partial charge >= 0.3 is 0 Å². The zero-order valence-electron chi connectivity index (χ0n) is 11.3. The Morgan fingerprint density at radius 2 is 2.06 bits per heavy atom. The molecule has 0 heterocycles. The van der Waals surface area contributed by atoms with Gasteiger partial charge in [-0.1, -0.05) is 25.4 Å². The average Bonchev–Trinajstić information content (AvgIpc) is 2.29. The van der Waals surface area contributed by atoms with Crippen LogP contribution in [0.25, 0.3) is 0 Å². The zero-order valence-corrected chi connectivity index (χ0v) is 12.0. The molecule has 0 saturated heterocycles. The van der Waals surface area contributed by atoms with Crippen LogP contribution in [0.15, 0.2) is 18.2 Å². The molecular formula is C14H20ClNO2. The first-order chi connectivity index (χ1) is 8.40. The van der Waals surface area contributed by atoms with E-state index in [2.05, 4.69) is 19.2 Å². The third-order valence-electron chi connectivity index (χ3n) is 2.49. The molecule has 1 N–H and O–H groups in total. The summed E-state index contributed by atoms with van der Waals surface area (Å²) >= 11 is 5.87. The first-order valence-corrected chi connectivity index (χ1v) is 6.48. The van der Waals surface area contributed by atoms with Gasteiger partial charge in [-0.3, -0.25) is 4.79 Å². The monoisotopic (exact) mass is 269 g/mol. The number of hydrogen-bond donors (Lipinski definition) is 1. The highest BCUT2D eigenvalue weighted by molar-refractivity contribution is 6.30. The van der Waals surface area contributed by atoms with E-state index in [0.29, 0.717) is 23.2 Å². The number of aryl methyl sites for hydroxylation is 1. The number of carbonyl (C=O) groups is 1. The van der Waals surface area contributed by atoms with Crippen LogP contribution in [0.4, 0.5) is 0 Å². The predicted octanol–water partition coefficient (Wildman–Crippen LogP) is 3.19. The van der Waals surface area contributed by atoms with Crippen molar-refractivity contribution in [2.75, 3.05) is 6.54 Å². The number of rotatable bonds is 5. The van der Waals surface area contributed by atoms with Gasteiger partial charge < -0.3 is 10.1 Å². The minimum absolute atomic E-state index is 0.0990. The summed E-state index contributed by atoms with van der Waals surface area (Å²) in [7, 11) is 0. The molecule has 0 aliphatic heterocycles. The van der Waals surface area contributed by atoms with Crippen molar-refractivity contribution < 1.29 is 9.53 Å². The molecule has 1 aromatic carbocycles. The Balaban J connectivity index is 2.58. The van der Waals surface area contributed by atoms with Gasteiger partial charge in [0.2, 0.25) is 0 Å². The number of hydrogen-bond acceptors (Lipinski definition) is 2. The standard InChI is InChI=1S/C14H20ClNO2/c1-9(2)8-16-14(17)11(4)18-13-6-5-12(15)7-10(13)3/h5-7,9,11H,8H2,1-4H3,(H,16,17)/t11-/m1/s1. The highest BCUT2D eigenvalue weighted by Gasteiger charge is 2.15. The molecule has 100 valence electrons. The second-order valence-electron chi connectivity index (χ2n) is 4.81.